The van der Waals surface area contributed by atoms with Crippen LogP contribution in [-0.4, -0.2) is 37.5 Å². The maximum atomic E-state index is 8.53. The highest BCUT2D eigenvalue weighted by atomic mass is 16.7. The van der Waals surface area contributed by atoms with Gasteiger partial charge in [-0.2, -0.15) is 10.5 Å². The molecule has 30 heavy (non-hydrogen) atoms. The largest absolute Gasteiger partial charge is 0.494 e. The summed E-state index contributed by atoms with van der Waals surface area (Å²) in [5.74, 6) is 1.50. The van der Waals surface area contributed by atoms with Gasteiger partial charge in [-0.15, -0.1) is 0 Å². The molecule has 1 atom stereocenters. The zero-order valence-corrected chi connectivity index (χ0v) is 18.9. The lowest BCUT2D eigenvalue weighted by atomic mass is 9.79. The minimum absolute atomic E-state index is 0.274. The summed E-state index contributed by atoms with van der Waals surface area (Å²) in [6, 6.07) is 12.1. The van der Waals surface area contributed by atoms with Crippen molar-refractivity contribution >= 4 is 12.6 Å². The van der Waals surface area contributed by atoms with E-state index in [1.807, 2.05) is 37.3 Å². The molecular weight excluding hydrogens is 377 g/mol. The van der Waals surface area contributed by atoms with E-state index in [0.29, 0.717) is 18.9 Å². The average molecular weight is 411 g/mol. The lowest BCUT2D eigenvalue weighted by molar-refractivity contribution is -0.0118. The Morgan fingerprint density at radius 2 is 1.73 bits per heavy atom. The van der Waals surface area contributed by atoms with E-state index in [2.05, 4.69) is 39.1 Å². The molecule has 2 aliphatic rings. The minimum atomic E-state index is -0.330. The molecule has 0 spiro atoms. The van der Waals surface area contributed by atoms with Gasteiger partial charge in [-0.05, 0) is 70.1 Å². The Bertz CT molecular complexity index is 750. The van der Waals surface area contributed by atoms with Crippen molar-refractivity contribution in [3.63, 3.8) is 0 Å². The van der Waals surface area contributed by atoms with Gasteiger partial charge in [0.15, 0.2) is 0 Å². The van der Waals surface area contributed by atoms with E-state index < -0.39 is 0 Å². The van der Waals surface area contributed by atoms with E-state index in [4.69, 9.17) is 24.6 Å². The van der Waals surface area contributed by atoms with Crippen LogP contribution in [0.1, 0.15) is 60.3 Å². The Kier molecular flexibility index (Phi) is 8.73. The van der Waals surface area contributed by atoms with Crippen LogP contribution in [0, 0.1) is 28.6 Å². The van der Waals surface area contributed by atoms with Gasteiger partial charge in [-0.1, -0.05) is 26.0 Å². The van der Waals surface area contributed by atoms with E-state index in [1.165, 1.54) is 0 Å². The molecule has 0 radical (unpaired) electrons. The lowest BCUT2D eigenvalue weighted by Gasteiger charge is -2.35. The molecule has 2 fully saturated rings. The van der Waals surface area contributed by atoms with Gasteiger partial charge in [-0.25, -0.2) is 0 Å². The standard InChI is InChI=1S/C20H29BN2O3.C3H5N/c1-5-20(4)19(2,3)25-21(26-20)16-6-8-17(9-7-16)24-18-12-15(13-18)14-23-11-10-22;1-2-3-4/h6-9,15,18,23H,5,11-14H2,1-4H3;2H2,1H3. The van der Waals surface area contributed by atoms with Gasteiger partial charge in [0.25, 0.3) is 0 Å². The smallest absolute Gasteiger partial charge is 0.490 e. The van der Waals surface area contributed by atoms with Crippen LogP contribution in [0.3, 0.4) is 0 Å². The van der Waals surface area contributed by atoms with Gasteiger partial charge >= 0.3 is 7.12 Å². The number of rotatable bonds is 7. The second-order valence-corrected chi connectivity index (χ2v) is 8.61. The highest BCUT2D eigenvalue weighted by molar-refractivity contribution is 6.62. The minimum Gasteiger partial charge on any atom is -0.490 e. The van der Waals surface area contributed by atoms with E-state index >= 15 is 0 Å². The Morgan fingerprint density at radius 1 is 1.10 bits per heavy atom. The molecule has 1 aliphatic carbocycles. The lowest BCUT2D eigenvalue weighted by Crippen LogP contribution is -2.44. The number of nitriles is 2. The van der Waals surface area contributed by atoms with Gasteiger partial charge in [-0.3, -0.25) is 0 Å². The Hall–Kier alpha value is -2.06. The predicted octanol–water partition coefficient (Wildman–Crippen LogP) is 3.57. The van der Waals surface area contributed by atoms with Gasteiger partial charge in [0.1, 0.15) is 5.75 Å². The van der Waals surface area contributed by atoms with E-state index in [1.54, 1.807) is 0 Å². The zero-order valence-electron chi connectivity index (χ0n) is 18.9. The van der Waals surface area contributed by atoms with Crippen LogP contribution in [0.4, 0.5) is 0 Å². The summed E-state index contributed by atoms with van der Waals surface area (Å²) in [4.78, 5) is 0. The van der Waals surface area contributed by atoms with Crippen molar-refractivity contribution in [3.05, 3.63) is 24.3 Å². The maximum Gasteiger partial charge on any atom is 0.494 e. The molecule has 1 heterocycles. The molecular formula is C23H34BN3O3. The van der Waals surface area contributed by atoms with Crippen LogP contribution in [0.2, 0.25) is 0 Å². The van der Waals surface area contributed by atoms with Gasteiger partial charge in [0, 0.05) is 6.42 Å². The van der Waals surface area contributed by atoms with E-state index in [9.17, 15) is 0 Å². The molecule has 1 aromatic carbocycles. The van der Waals surface area contributed by atoms with Crippen molar-refractivity contribution in [1.82, 2.24) is 5.32 Å². The molecule has 0 aromatic heterocycles. The first kappa shape index (κ1) is 24.2. The topological polar surface area (TPSA) is 87.3 Å². The molecule has 1 saturated heterocycles. The fourth-order valence-electron chi connectivity index (χ4n) is 3.61. The maximum absolute atomic E-state index is 8.53. The first-order chi connectivity index (χ1) is 14.3. The molecule has 1 aromatic rings. The fourth-order valence-corrected chi connectivity index (χ4v) is 3.61. The summed E-state index contributed by atoms with van der Waals surface area (Å²) in [7, 11) is -0.330. The second-order valence-electron chi connectivity index (χ2n) is 8.61. The predicted molar refractivity (Wildman–Crippen MR) is 118 cm³/mol. The number of hydrogen-bond donors (Lipinski definition) is 1. The van der Waals surface area contributed by atoms with Crippen LogP contribution in [-0.2, 0) is 9.31 Å². The molecule has 1 N–H and O–H groups in total. The van der Waals surface area contributed by atoms with Crippen LogP contribution >= 0.6 is 0 Å². The Morgan fingerprint density at radius 3 is 2.23 bits per heavy atom. The molecule has 1 unspecified atom stereocenters. The van der Waals surface area contributed by atoms with Crippen molar-refractivity contribution in [2.45, 2.75) is 77.6 Å². The van der Waals surface area contributed by atoms with Crippen LogP contribution in [0.5, 0.6) is 5.75 Å². The van der Waals surface area contributed by atoms with Crippen LogP contribution in [0.15, 0.2) is 24.3 Å². The first-order valence-corrected chi connectivity index (χ1v) is 10.8. The number of benzene rings is 1. The summed E-state index contributed by atoms with van der Waals surface area (Å²) in [6.45, 7) is 11.6. The molecule has 0 bridgehead atoms. The van der Waals surface area contributed by atoms with Gasteiger partial charge in [0.2, 0.25) is 0 Å². The average Bonchev–Trinajstić information content (AvgIpc) is 2.96. The summed E-state index contributed by atoms with van der Waals surface area (Å²) >= 11 is 0. The third-order valence-electron chi connectivity index (χ3n) is 6.16. The first-order valence-electron chi connectivity index (χ1n) is 10.8. The third kappa shape index (κ3) is 5.98. The van der Waals surface area contributed by atoms with Crippen LogP contribution in [0.25, 0.3) is 0 Å². The normalized spacial score (nSPS) is 26.6. The molecule has 1 aliphatic heterocycles. The van der Waals surface area contributed by atoms with E-state index in [-0.39, 0.29) is 24.4 Å². The number of ether oxygens (including phenoxy) is 1. The summed E-state index contributed by atoms with van der Waals surface area (Å²) in [5, 5.41) is 19.3. The Balaban J connectivity index is 0.000000735. The van der Waals surface area contributed by atoms with Gasteiger partial charge < -0.3 is 19.4 Å². The third-order valence-corrected chi connectivity index (χ3v) is 6.16. The summed E-state index contributed by atoms with van der Waals surface area (Å²) in [5.41, 5.74) is 0.421. The van der Waals surface area contributed by atoms with Crippen molar-refractivity contribution in [1.29, 1.82) is 10.5 Å². The molecule has 1 saturated carbocycles. The molecule has 7 heteroatoms. The van der Waals surface area contributed by atoms with Gasteiger partial charge in [0.05, 0.1) is 36.0 Å². The summed E-state index contributed by atoms with van der Waals surface area (Å²) < 4.78 is 18.4. The Labute approximate surface area is 181 Å². The van der Waals surface area contributed by atoms with Crippen molar-refractivity contribution in [2.75, 3.05) is 13.1 Å². The molecule has 3 rings (SSSR count). The number of nitrogens with zero attached hydrogens (tertiary/aromatic N) is 2. The van der Waals surface area contributed by atoms with Crippen molar-refractivity contribution < 1.29 is 14.0 Å². The number of nitrogens with one attached hydrogen (secondary N) is 1. The SMILES string of the molecule is CCC#N.CCC1(C)OB(c2ccc(OC3CC(CNCC#N)C3)cc2)OC1(C)C. The zero-order chi connectivity index (χ0) is 22.2. The highest BCUT2D eigenvalue weighted by Gasteiger charge is 2.53. The second kappa shape index (κ2) is 10.8. The monoisotopic (exact) mass is 411 g/mol. The summed E-state index contributed by atoms with van der Waals surface area (Å²) in [6.07, 6.45) is 3.89. The molecule has 0 amide bonds. The van der Waals surface area contributed by atoms with Crippen molar-refractivity contribution in [2.24, 2.45) is 5.92 Å². The fraction of sp³-hybridized carbons (Fsp3) is 0.652. The van der Waals surface area contributed by atoms with E-state index in [0.717, 1.165) is 37.0 Å². The number of hydrogen-bond acceptors (Lipinski definition) is 6. The quantitative estimate of drug-likeness (QED) is 0.419. The molecule has 162 valence electrons. The van der Waals surface area contributed by atoms with Crippen molar-refractivity contribution in [3.8, 4) is 17.9 Å². The highest BCUT2D eigenvalue weighted by Crippen LogP contribution is 2.39. The molecule has 6 nitrogen and oxygen atoms in total. The van der Waals surface area contributed by atoms with Crippen LogP contribution < -0.4 is 15.5 Å².